The smallest absolute Gasteiger partial charge is 0.256 e. The van der Waals surface area contributed by atoms with Gasteiger partial charge in [0.05, 0.1) is 29.3 Å². The lowest BCUT2D eigenvalue weighted by Gasteiger charge is -2.19. The number of fused-ring (bicyclic) bond motifs is 2. The molecule has 1 aromatic heterocycles. The summed E-state index contributed by atoms with van der Waals surface area (Å²) >= 11 is 0. The van der Waals surface area contributed by atoms with Crippen molar-refractivity contribution < 1.29 is 14.3 Å². The van der Waals surface area contributed by atoms with Gasteiger partial charge < -0.3 is 14.8 Å². The van der Waals surface area contributed by atoms with E-state index in [1.165, 1.54) is 0 Å². The van der Waals surface area contributed by atoms with E-state index in [-0.39, 0.29) is 5.91 Å². The molecule has 0 aliphatic carbocycles. The van der Waals surface area contributed by atoms with Crippen molar-refractivity contribution in [3.63, 3.8) is 0 Å². The van der Waals surface area contributed by atoms with Crippen LogP contribution in [0.5, 0.6) is 11.5 Å². The molecule has 1 amide bonds. The summed E-state index contributed by atoms with van der Waals surface area (Å²) in [5.41, 5.74) is 4.35. The third-order valence-corrected chi connectivity index (χ3v) is 5.29. The van der Waals surface area contributed by atoms with Crippen molar-refractivity contribution in [2.24, 2.45) is 0 Å². The van der Waals surface area contributed by atoms with Crippen LogP contribution in [-0.2, 0) is 6.42 Å². The molecule has 0 fully saturated rings. The number of anilines is 1. The molecule has 0 atom stereocenters. The molecule has 0 saturated heterocycles. The number of aromatic nitrogens is 1. The van der Waals surface area contributed by atoms with E-state index in [0.717, 1.165) is 22.0 Å². The zero-order valence-corrected chi connectivity index (χ0v) is 17.2. The highest BCUT2D eigenvalue weighted by atomic mass is 16.6. The number of nitriles is 1. The zero-order valence-electron chi connectivity index (χ0n) is 17.2. The van der Waals surface area contributed by atoms with Crippen LogP contribution in [0.3, 0.4) is 0 Å². The van der Waals surface area contributed by atoms with Gasteiger partial charge in [-0.25, -0.2) is 4.98 Å². The SMILES string of the molecule is N#CCc1ccc(NC(=O)c2cc(-c3ccc4c(c3)OCCO4)nc3ccccc23)cc1. The van der Waals surface area contributed by atoms with E-state index >= 15 is 0 Å². The number of amides is 1. The Labute approximate surface area is 185 Å². The second kappa shape index (κ2) is 8.40. The molecule has 5 rings (SSSR count). The van der Waals surface area contributed by atoms with E-state index in [4.69, 9.17) is 19.7 Å². The van der Waals surface area contributed by atoms with Gasteiger partial charge in [-0.15, -0.1) is 0 Å². The molecule has 1 aliphatic rings. The summed E-state index contributed by atoms with van der Waals surface area (Å²) in [4.78, 5) is 18.0. The molecule has 0 bridgehead atoms. The fraction of sp³-hybridized carbons (Fsp3) is 0.115. The number of carbonyl (C=O) groups excluding carboxylic acids is 1. The first-order chi connectivity index (χ1) is 15.7. The van der Waals surface area contributed by atoms with Crippen molar-refractivity contribution in [1.82, 2.24) is 4.98 Å². The quantitative estimate of drug-likeness (QED) is 0.502. The van der Waals surface area contributed by atoms with E-state index < -0.39 is 0 Å². The minimum absolute atomic E-state index is 0.226. The Kier molecular flexibility index (Phi) is 5.14. The first-order valence-corrected chi connectivity index (χ1v) is 10.3. The Morgan fingerprint density at radius 1 is 0.969 bits per heavy atom. The van der Waals surface area contributed by atoms with E-state index in [9.17, 15) is 4.79 Å². The maximum absolute atomic E-state index is 13.2. The lowest BCUT2D eigenvalue weighted by molar-refractivity contribution is 0.102. The van der Waals surface area contributed by atoms with Gasteiger partial charge in [-0.3, -0.25) is 4.79 Å². The van der Waals surface area contributed by atoms with Gasteiger partial charge in [0.25, 0.3) is 5.91 Å². The summed E-state index contributed by atoms with van der Waals surface area (Å²) in [6, 6.07) is 24.4. The van der Waals surface area contributed by atoms with Crippen molar-refractivity contribution in [3.05, 3.63) is 83.9 Å². The van der Waals surface area contributed by atoms with Crippen molar-refractivity contribution in [1.29, 1.82) is 5.26 Å². The summed E-state index contributed by atoms with van der Waals surface area (Å²) < 4.78 is 11.3. The number of carbonyl (C=O) groups is 1. The number of hydrogen-bond donors (Lipinski definition) is 1. The van der Waals surface area contributed by atoms with Gasteiger partial charge in [-0.05, 0) is 48.0 Å². The first-order valence-electron chi connectivity index (χ1n) is 10.3. The fourth-order valence-corrected chi connectivity index (χ4v) is 3.71. The topological polar surface area (TPSA) is 84.2 Å². The third-order valence-electron chi connectivity index (χ3n) is 5.29. The molecule has 4 aromatic rings. The summed E-state index contributed by atoms with van der Waals surface area (Å²) in [7, 11) is 0. The van der Waals surface area contributed by atoms with Crippen LogP contribution in [0.1, 0.15) is 15.9 Å². The lowest BCUT2D eigenvalue weighted by atomic mass is 10.0. The van der Waals surface area contributed by atoms with Gasteiger partial charge in [-0.2, -0.15) is 5.26 Å². The maximum atomic E-state index is 13.2. The van der Waals surface area contributed by atoms with E-state index in [1.807, 2.05) is 54.6 Å². The number of rotatable bonds is 4. The highest BCUT2D eigenvalue weighted by molar-refractivity contribution is 6.13. The molecule has 1 N–H and O–H groups in total. The summed E-state index contributed by atoms with van der Waals surface area (Å²) in [5.74, 6) is 1.15. The highest BCUT2D eigenvalue weighted by Gasteiger charge is 2.17. The molecular formula is C26H19N3O3. The molecule has 156 valence electrons. The monoisotopic (exact) mass is 421 g/mol. The third kappa shape index (κ3) is 3.84. The van der Waals surface area contributed by atoms with Crippen molar-refractivity contribution >= 4 is 22.5 Å². The molecule has 32 heavy (non-hydrogen) atoms. The van der Waals surface area contributed by atoms with Crippen LogP contribution in [0, 0.1) is 11.3 Å². The minimum atomic E-state index is -0.226. The van der Waals surface area contributed by atoms with Crippen molar-refractivity contribution in [2.75, 3.05) is 18.5 Å². The van der Waals surface area contributed by atoms with Crippen LogP contribution < -0.4 is 14.8 Å². The second-order valence-electron chi connectivity index (χ2n) is 7.42. The van der Waals surface area contributed by atoms with E-state index in [1.54, 1.807) is 18.2 Å². The number of pyridine rings is 1. The van der Waals surface area contributed by atoms with Crippen LogP contribution in [0.2, 0.25) is 0 Å². The van der Waals surface area contributed by atoms with Crippen LogP contribution in [0.4, 0.5) is 5.69 Å². The van der Waals surface area contributed by atoms with Gasteiger partial charge in [0, 0.05) is 16.6 Å². The molecule has 0 unspecified atom stereocenters. The van der Waals surface area contributed by atoms with Gasteiger partial charge >= 0.3 is 0 Å². The van der Waals surface area contributed by atoms with Crippen LogP contribution in [0.15, 0.2) is 72.8 Å². The molecule has 6 heteroatoms. The normalized spacial score (nSPS) is 12.2. The molecule has 0 saturated carbocycles. The zero-order chi connectivity index (χ0) is 21.9. The molecule has 3 aromatic carbocycles. The highest BCUT2D eigenvalue weighted by Crippen LogP contribution is 2.35. The number of para-hydroxylation sites is 1. The second-order valence-corrected chi connectivity index (χ2v) is 7.42. The fourth-order valence-electron chi connectivity index (χ4n) is 3.71. The van der Waals surface area contributed by atoms with Gasteiger partial charge in [0.15, 0.2) is 11.5 Å². The number of hydrogen-bond acceptors (Lipinski definition) is 5. The van der Waals surface area contributed by atoms with Crippen molar-refractivity contribution in [2.45, 2.75) is 6.42 Å². The molecule has 2 heterocycles. The number of ether oxygens (including phenoxy) is 2. The predicted octanol–water partition coefficient (Wildman–Crippen LogP) is 4.99. The average molecular weight is 421 g/mol. The number of nitrogens with zero attached hydrogens (tertiary/aromatic N) is 2. The van der Waals surface area contributed by atoms with Crippen LogP contribution in [-0.4, -0.2) is 24.1 Å². The molecule has 0 spiro atoms. The largest absolute Gasteiger partial charge is 0.486 e. The standard InChI is InChI=1S/C26H19N3O3/c27-12-11-17-5-8-19(9-6-17)28-26(30)21-16-23(29-22-4-2-1-3-20(21)22)18-7-10-24-25(15-18)32-14-13-31-24/h1-10,15-16H,11,13-14H2,(H,28,30). The number of benzene rings is 3. The maximum Gasteiger partial charge on any atom is 0.256 e. The van der Waals surface area contributed by atoms with Crippen molar-refractivity contribution in [3.8, 4) is 28.8 Å². The Balaban J connectivity index is 1.52. The van der Waals surface area contributed by atoms with Crippen LogP contribution in [0.25, 0.3) is 22.2 Å². The molecule has 6 nitrogen and oxygen atoms in total. The Morgan fingerprint density at radius 3 is 2.56 bits per heavy atom. The molecule has 1 aliphatic heterocycles. The Bertz CT molecular complexity index is 1360. The van der Waals surface area contributed by atoms with E-state index in [2.05, 4.69) is 11.4 Å². The van der Waals surface area contributed by atoms with Gasteiger partial charge in [0.1, 0.15) is 13.2 Å². The Morgan fingerprint density at radius 2 is 1.75 bits per heavy atom. The predicted molar refractivity (Wildman–Crippen MR) is 122 cm³/mol. The first kappa shape index (κ1) is 19.6. The average Bonchev–Trinajstić information content (AvgIpc) is 2.84. The summed E-state index contributed by atoms with van der Waals surface area (Å²) in [6.07, 6.45) is 0.335. The minimum Gasteiger partial charge on any atom is -0.486 e. The van der Waals surface area contributed by atoms with Crippen LogP contribution >= 0.6 is 0 Å². The molecular weight excluding hydrogens is 402 g/mol. The summed E-state index contributed by atoms with van der Waals surface area (Å²) in [6.45, 7) is 1.03. The Hall–Kier alpha value is -4.37. The summed E-state index contributed by atoms with van der Waals surface area (Å²) in [5, 5.41) is 12.6. The number of nitrogens with one attached hydrogen (secondary N) is 1. The lowest BCUT2D eigenvalue weighted by Crippen LogP contribution is -2.15. The molecule has 0 radical (unpaired) electrons. The van der Waals surface area contributed by atoms with E-state index in [0.29, 0.717) is 48.1 Å². The van der Waals surface area contributed by atoms with Gasteiger partial charge in [-0.1, -0.05) is 30.3 Å². The van der Waals surface area contributed by atoms with Gasteiger partial charge in [0.2, 0.25) is 0 Å².